The Labute approximate surface area is 120 Å². The quantitative estimate of drug-likeness (QED) is 0.706. The average Bonchev–Trinajstić information content (AvgIpc) is 2.69. The van der Waals surface area contributed by atoms with E-state index in [0.29, 0.717) is 13.1 Å². The van der Waals surface area contributed by atoms with E-state index in [9.17, 15) is 18.0 Å². The van der Waals surface area contributed by atoms with Crippen LogP contribution >= 0.6 is 0 Å². The van der Waals surface area contributed by atoms with Crippen molar-refractivity contribution in [3.8, 4) is 12.8 Å². The molecule has 0 spiro atoms. The van der Waals surface area contributed by atoms with Gasteiger partial charge in [0.25, 0.3) is 5.91 Å². The Balaban J connectivity index is 0.000000774. The SMILES string of the molecule is C#C.N[C@@]12CNCCN1C(=O)c1c(C(F)(F)F)cccc12. The first-order valence-electron chi connectivity index (χ1n) is 6.21. The summed E-state index contributed by atoms with van der Waals surface area (Å²) < 4.78 is 39.0. The number of fused-ring (bicyclic) bond motifs is 3. The van der Waals surface area contributed by atoms with Crippen molar-refractivity contribution in [3.63, 3.8) is 0 Å². The molecule has 1 atom stereocenters. The zero-order chi connectivity index (χ0) is 15.8. The average molecular weight is 297 g/mol. The summed E-state index contributed by atoms with van der Waals surface area (Å²) in [4.78, 5) is 13.5. The van der Waals surface area contributed by atoms with Gasteiger partial charge in [0.2, 0.25) is 0 Å². The van der Waals surface area contributed by atoms with Gasteiger partial charge in [0, 0.05) is 25.2 Å². The summed E-state index contributed by atoms with van der Waals surface area (Å²) in [5.41, 5.74) is 4.02. The number of carbonyl (C=O) groups excluding carboxylic acids is 1. The minimum Gasteiger partial charge on any atom is -0.314 e. The van der Waals surface area contributed by atoms with Crippen molar-refractivity contribution < 1.29 is 18.0 Å². The van der Waals surface area contributed by atoms with Gasteiger partial charge in [-0.1, -0.05) is 12.1 Å². The zero-order valence-corrected chi connectivity index (χ0v) is 11.1. The van der Waals surface area contributed by atoms with Crippen LogP contribution in [0.15, 0.2) is 18.2 Å². The van der Waals surface area contributed by atoms with Gasteiger partial charge >= 0.3 is 6.18 Å². The van der Waals surface area contributed by atoms with Crippen LogP contribution in [0.3, 0.4) is 0 Å². The van der Waals surface area contributed by atoms with Crippen molar-refractivity contribution in [1.82, 2.24) is 10.2 Å². The first-order valence-corrected chi connectivity index (χ1v) is 6.21. The van der Waals surface area contributed by atoms with Crippen LogP contribution in [0.2, 0.25) is 0 Å². The van der Waals surface area contributed by atoms with Crippen molar-refractivity contribution in [2.45, 2.75) is 11.8 Å². The van der Waals surface area contributed by atoms with Gasteiger partial charge in [0.1, 0.15) is 5.66 Å². The van der Waals surface area contributed by atoms with Crippen LogP contribution in [0.5, 0.6) is 0 Å². The van der Waals surface area contributed by atoms with Crippen LogP contribution in [-0.2, 0) is 11.8 Å². The number of hydrogen-bond acceptors (Lipinski definition) is 3. The topological polar surface area (TPSA) is 58.4 Å². The largest absolute Gasteiger partial charge is 0.417 e. The molecule has 1 amide bonds. The van der Waals surface area contributed by atoms with E-state index in [1.807, 2.05) is 0 Å². The molecule has 1 aromatic rings. The second-order valence-corrected chi connectivity index (χ2v) is 4.78. The monoisotopic (exact) mass is 297 g/mol. The molecule has 0 aromatic heterocycles. The van der Waals surface area contributed by atoms with Crippen molar-refractivity contribution in [1.29, 1.82) is 0 Å². The van der Waals surface area contributed by atoms with E-state index in [0.717, 1.165) is 6.07 Å². The Morgan fingerprint density at radius 3 is 2.62 bits per heavy atom. The van der Waals surface area contributed by atoms with Gasteiger partial charge in [-0.05, 0) is 6.07 Å². The molecule has 21 heavy (non-hydrogen) atoms. The normalized spacial score (nSPS) is 23.9. The Kier molecular flexibility index (Phi) is 3.70. The maximum atomic E-state index is 13.0. The second-order valence-electron chi connectivity index (χ2n) is 4.78. The lowest BCUT2D eigenvalue weighted by Gasteiger charge is -2.39. The lowest BCUT2D eigenvalue weighted by Crippen LogP contribution is -2.62. The van der Waals surface area contributed by atoms with Gasteiger partial charge in [-0.3, -0.25) is 4.79 Å². The molecule has 2 aliphatic rings. The first kappa shape index (κ1) is 15.4. The summed E-state index contributed by atoms with van der Waals surface area (Å²) in [6.45, 7) is 1.09. The predicted molar refractivity (Wildman–Crippen MR) is 71.1 cm³/mol. The second kappa shape index (κ2) is 5.06. The van der Waals surface area contributed by atoms with Gasteiger partial charge in [-0.2, -0.15) is 13.2 Å². The fourth-order valence-electron chi connectivity index (χ4n) is 2.80. The zero-order valence-electron chi connectivity index (χ0n) is 11.1. The summed E-state index contributed by atoms with van der Waals surface area (Å²) in [5, 5.41) is 3.02. The third-order valence-electron chi connectivity index (χ3n) is 3.68. The smallest absolute Gasteiger partial charge is 0.314 e. The number of piperazine rings is 1. The first-order chi connectivity index (χ1) is 9.86. The molecule has 2 heterocycles. The van der Waals surface area contributed by atoms with Gasteiger partial charge in [-0.25, -0.2) is 0 Å². The molecule has 4 nitrogen and oxygen atoms in total. The number of alkyl halides is 3. The summed E-state index contributed by atoms with van der Waals surface area (Å²) in [7, 11) is 0. The van der Waals surface area contributed by atoms with Crippen LogP contribution in [0.4, 0.5) is 13.2 Å². The Bertz CT molecular complexity index is 597. The molecule has 112 valence electrons. The molecule has 1 aromatic carbocycles. The maximum Gasteiger partial charge on any atom is 0.417 e. The van der Waals surface area contributed by atoms with E-state index in [1.165, 1.54) is 17.0 Å². The van der Waals surface area contributed by atoms with Crippen LogP contribution in [-0.4, -0.2) is 30.4 Å². The van der Waals surface area contributed by atoms with E-state index in [4.69, 9.17) is 5.73 Å². The summed E-state index contributed by atoms with van der Waals surface area (Å²) >= 11 is 0. The molecule has 1 fully saturated rings. The van der Waals surface area contributed by atoms with Crippen molar-refractivity contribution in [3.05, 3.63) is 34.9 Å². The number of nitrogens with zero attached hydrogens (tertiary/aromatic N) is 1. The molecule has 3 N–H and O–H groups in total. The number of amides is 1. The highest BCUT2D eigenvalue weighted by Gasteiger charge is 2.51. The number of hydrogen-bond donors (Lipinski definition) is 2. The predicted octanol–water partition coefficient (Wildman–Crippen LogP) is 1.13. The molecule has 0 saturated carbocycles. The molecule has 0 aliphatic carbocycles. The number of nitrogens with one attached hydrogen (secondary N) is 1. The number of benzene rings is 1. The molecule has 0 radical (unpaired) electrons. The highest BCUT2D eigenvalue weighted by Crippen LogP contribution is 2.42. The van der Waals surface area contributed by atoms with Crippen molar-refractivity contribution in [2.75, 3.05) is 19.6 Å². The van der Waals surface area contributed by atoms with Crippen LogP contribution in [0.25, 0.3) is 0 Å². The Hall–Kier alpha value is -2.04. The molecule has 2 aliphatic heterocycles. The summed E-state index contributed by atoms with van der Waals surface area (Å²) in [6, 6.07) is 3.71. The summed E-state index contributed by atoms with van der Waals surface area (Å²) in [5.74, 6) is -0.632. The van der Waals surface area contributed by atoms with Gasteiger partial charge in [-0.15, -0.1) is 12.8 Å². The molecular weight excluding hydrogens is 283 g/mol. The van der Waals surface area contributed by atoms with Crippen LogP contribution in [0.1, 0.15) is 21.5 Å². The number of halogens is 3. The highest BCUT2D eigenvalue weighted by atomic mass is 19.4. The van der Waals surface area contributed by atoms with Gasteiger partial charge in [0.15, 0.2) is 0 Å². The number of terminal acetylenes is 1. The Morgan fingerprint density at radius 1 is 1.33 bits per heavy atom. The van der Waals surface area contributed by atoms with E-state index >= 15 is 0 Å². The van der Waals surface area contributed by atoms with E-state index in [-0.39, 0.29) is 17.7 Å². The standard InChI is InChI=1S/C12H12F3N3O.C2H2/c13-12(14,15)8-3-1-2-7-9(8)10(19)18-5-4-17-6-11(7,18)16;1-2/h1-3,17H,4-6,16H2;1-2H/t11-;/m0./s1. The summed E-state index contributed by atoms with van der Waals surface area (Å²) in [6.07, 6.45) is 3.44. The number of carbonyl (C=O) groups is 1. The highest BCUT2D eigenvalue weighted by molar-refractivity contribution is 6.01. The lowest BCUT2D eigenvalue weighted by molar-refractivity contribution is -0.137. The minimum atomic E-state index is -4.56. The van der Waals surface area contributed by atoms with E-state index in [2.05, 4.69) is 18.2 Å². The molecule has 0 unspecified atom stereocenters. The third kappa shape index (κ3) is 2.17. The number of rotatable bonds is 0. The lowest BCUT2D eigenvalue weighted by atomic mass is 9.94. The third-order valence-corrected chi connectivity index (χ3v) is 3.68. The van der Waals surface area contributed by atoms with Crippen LogP contribution < -0.4 is 11.1 Å². The van der Waals surface area contributed by atoms with Crippen LogP contribution in [0, 0.1) is 12.8 Å². The van der Waals surface area contributed by atoms with Gasteiger partial charge < -0.3 is 16.0 Å². The number of nitrogens with two attached hydrogens (primary N) is 1. The fraction of sp³-hybridized carbons (Fsp3) is 0.357. The molecule has 0 bridgehead atoms. The maximum absolute atomic E-state index is 13.0. The molecule has 7 heteroatoms. The molecule has 3 rings (SSSR count). The minimum absolute atomic E-state index is 0.250. The molecule has 1 saturated heterocycles. The molecular formula is C14H14F3N3O. The fourth-order valence-corrected chi connectivity index (χ4v) is 2.80. The van der Waals surface area contributed by atoms with Gasteiger partial charge in [0.05, 0.1) is 11.1 Å². The Morgan fingerprint density at radius 2 is 2.00 bits per heavy atom. The van der Waals surface area contributed by atoms with E-state index < -0.39 is 23.3 Å². The van der Waals surface area contributed by atoms with Crippen molar-refractivity contribution in [2.24, 2.45) is 5.73 Å². The van der Waals surface area contributed by atoms with Crippen molar-refractivity contribution >= 4 is 5.91 Å². The van der Waals surface area contributed by atoms with E-state index in [1.54, 1.807) is 0 Å².